The molecule has 7 nitrogen and oxygen atoms in total. The third kappa shape index (κ3) is 4.92. The highest BCUT2D eigenvalue weighted by Crippen LogP contribution is 2.35. The first-order valence-corrected chi connectivity index (χ1v) is 10.6. The molecular weight excluding hydrogens is 472 g/mol. The van der Waals surface area contributed by atoms with Crippen molar-refractivity contribution >= 4 is 55.6 Å². The first kappa shape index (κ1) is 21.5. The van der Waals surface area contributed by atoms with Crippen molar-refractivity contribution in [2.75, 3.05) is 30.2 Å². The smallest absolute Gasteiger partial charge is 0.323 e. The maximum absolute atomic E-state index is 12.2. The summed E-state index contributed by atoms with van der Waals surface area (Å²) in [5.74, 6) is 1.26. The average molecular weight is 493 g/mol. The topological polar surface area (TPSA) is 84.5 Å². The van der Waals surface area contributed by atoms with E-state index >= 15 is 0 Å². The highest BCUT2D eigenvalue weighted by molar-refractivity contribution is 9.10. The van der Waals surface area contributed by atoms with Crippen molar-refractivity contribution in [3.63, 3.8) is 0 Å². The fourth-order valence-corrected chi connectivity index (χ4v) is 3.63. The van der Waals surface area contributed by atoms with Crippen LogP contribution in [0.1, 0.15) is 0 Å². The van der Waals surface area contributed by atoms with Crippen LogP contribution in [0.5, 0.6) is 11.5 Å². The van der Waals surface area contributed by atoms with Crippen molar-refractivity contribution in [1.82, 2.24) is 4.98 Å². The van der Waals surface area contributed by atoms with Gasteiger partial charge in [0.25, 0.3) is 0 Å². The molecule has 0 unspecified atom stereocenters. The number of nitrogens with zero attached hydrogens (tertiary/aromatic N) is 1. The van der Waals surface area contributed by atoms with E-state index in [-0.39, 0.29) is 6.03 Å². The van der Waals surface area contributed by atoms with Gasteiger partial charge in [0, 0.05) is 44.9 Å². The number of amides is 2. The molecule has 0 fully saturated rings. The lowest BCUT2D eigenvalue weighted by Crippen LogP contribution is -2.19. The minimum atomic E-state index is -0.315. The summed E-state index contributed by atoms with van der Waals surface area (Å²) in [6, 6.07) is 20.2. The van der Waals surface area contributed by atoms with Gasteiger partial charge in [-0.2, -0.15) is 0 Å². The van der Waals surface area contributed by atoms with Crippen molar-refractivity contribution in [1.29, 1.82) is 0 Å². The maximum atomic E-state index is 12.2. The Balaban J connectivity index is 1.48. The predicted molar refractivity (Wildman–Crippen MR) is 131 cm³/mol. The fraction of sp³-hybridized carbons (Fsp3) is 0.0833. The molecular formula is C24H21BrN4O3. The van der Waals surface area contributed by atoms with Crippen LogP contribution >= 0.6 is 15.9 Å². The van der Waals surface area contributed by atoms with Crippen molar-refractivity contribution in [3.8, 4) is 11.5 Å². The van der Waals surface area contributed by atoms with Gasteiger partial charge in [0.1, 0.15) is 0 Å². The summed E-state index contributed by atoms with van der Waals surface area (Å²) in [7, 11) is 3.20. The summed E-state index contributed by atoms with van der Waals surface area (Å²) in [5, 5.41) is 9.92. The first-order chi connectivity index (χ1) is 15.6. The van der Waals surface area contributed by atoms with Crippen molar-refractivity contribution < 1.29 is 14.3 Å². The summed E-state index contributed by atoms with van der Waals surface area (Å²) in [5.41, 5.74) is 3.91. The van der Waals surface area contributed by atoms with E-state index in [2.05, 4.69) is 36.9 Å². The molecule has 4 rings (SSSR count). The quantitative estimate of drug-likeness (QED) is 0.289. The standard InChI is InChI=1S/C24H21BrN4O3/c1-31-22-13-19-20(10-11-26-21(19)14-23(22)32-2)27-16-6-8-17(9-7-16)28-24(30)29-18-5-3-4-15(25)12-18/h3-14H,1-2H3,(H,26,27)(H2,28,29,30). The number of aromatic nitrogens is 1. The second-order valence-electron chi connectivity index (χ2n) is 6.87. The predicted octanol–water partition coefficient (Wildman–Crippen LogP) is 6.40. The van der Waals surface area contributed by atoms with Crippen LogP contribution in [0.2, 0.25) is 0 Å². The van der Waals surface area contributed by atoms with Gasteiger partial charge in [-0.3, -0.25) is 4.98 Å². The second-order valence-corrected chi connectivity index (χ2v) is 7.79. The van der Waals surface area contributed by atoms with Crippen LogP contribution in [0.3, 0.4) is 0 Å². The number of rotatable bonds is 6. The highest BCUT2D eigenvalue weighted by atomic mass is 79.9. The van der Waals surface area contributed by atoms with Crippen LogP contribution in [0, 0.1) is 0 Å². The van der Waals surface area contributed by atoms with Crippen molar-refractivity contribution in [3.05, 3.63) is 77.4 Å². The van der Waals surface area contributed by atoms with E-state index in [1.165, 1.54) is 0 Å². The Hall–Kier alpha value is -3.78. The Kier molecular flexibility index (Phi) is 6.42. The monoisotopic (exact) mass is 492 g/mol. The summed E-state index contributed by atoms with van der Waals surface area (Å²) in [6.45, 7) is 0. The Morgan fingerprint density at radius 2 is 1.53 bits per heavy atom. The Bertz CT molecular complexity index is 1260. The van der Waals surface area contributed by atoms with Gasteiger partial charge in [-0.1, -0.05) is 22.0 Å². The zero-order chi connectivity index (χ0) is 22.5. The molecule has 1 aromatic heterocycles. The third-order valence-corrected chi connectivity index (χ3v) is 5.24. The minimum Gasteiger partial charge on any atom is -0.493 e. The van der Waals surface area contributed by atoms with Crippen LogP contribution in [-0.4, -0.2) is 25.2 Å². The molecule has 0 spiro atoms. The summed E-state index contributed by atoms with van der Waals surface area (Å²) in [6.07, 6.45) is 1.73. The molecule has 32 heavy (non-hydrogen) atoms. The molecule has 0 saturated carbocycles. The Morgan fingerprint density at radius 1 is 0.844 bits per heavy atom. The summed E-state index contributed by atoms with van der Waals surface area (Å²) < 4.78 is 11.7. The molecule has 162 valence electrons. The van der Waals surface area contributed by atoms with Crippen LogP contribution < -0.4 is 25.4 Å². The van der Waals surface area contributed by atoms with Gasteiger partial charge in [0.05, 0.1) is 19.7 Å². The second kappa shape index (κ2) is 9.57. The molecule has 2 amide bonds. The lowest BCUT2D eigenvalue weighted by Gasteiger charge is -2.13. The van der Waals surface area contributed by atoms with Gasteiger partial charge >= 0.3 is 6.03 Å². The molecule has 1 heterocycles. The number of nitrogens with one attached hydrogen (secondary N) is 3. The van der Waals surface area contributed by atoms with Crippen LogP contribution in [-0.2, 0) is 0 Å². The Labute approximate surface area is 193 Å². The summed E-state index contributed by atoms with van der Waals surface area (Å²) >= 11 is 3.39. The number of halogens is 1. The van der Waals surface area contributed by atoms with Gasteiger partial charge in [-0.25, -0.2) is 4.79 Å². The van der Waals surface area contributed by atoms with Gasteiger partial charge in [0.2, 0.25) is 0 Å². The van der Waals surface area contributed by atoms with E-state index in [0.717, 1.165) is 26.8 Å². The number of benzene rings is 3. The number of anilines is 4. The average Bonchev–Trinajstić information content (AvgIpc) is 2.79. The normalized spacial score (nSPS) is 10.5. The van der Waals surface area contributed by atoms with E-state index < -0.39 is 0 Å². The van der Waals surface area contributed by atoms with Gasteiger partial charge in [-0.05, 0) is 54.6 Å². The maximum Gasteiger partial charge on any atom is 0.323 e. The van der Waals surface area contributed by atoms with Gasteiger partial charge in [-0.15, -0.1) is 0 Å². The van der Waals surface area contributed by atoms with E-state index in [1.54, 1.807) is 20.4 Å². The van der Waals surface area contributed by atoms with Crippen LogP contribution in [0.25, 0.3) is 10.9 Å². The lowest BCUT2D eigenvalue weighted by atomic mass is 10.1. The van der Waals surface area contributed by atoms with Gasteiger partial charge in [0.15, 0.2) is 11.5 Å². The molecule has 0 aliphatic carbocycles. The van der Waals surface area contributed by atoms with Crippen LogP contribution in [0.15, 0.2) is 77.4 Å². The number of carbonyl (C=O) groups is 1. The SMILES string of the molecule is COc1cc2nccc(Nc3ccc(NC(=O)Nc4cccc(Br)c4)cc3)c2cc1OC. The number of fused-ring (bicyclic) bond motifs is 1. The molecule has 3 N–H and O–H groups in total. The number of pyridine rings is 1. The van der Waals surface area contributed by atoms with Gasteiger partial charge < -0.3 is 25.4 Å². The Morgan fingerprint density at radius 3 is 2.25 bits per heavy atom. The zero-order valence-electron chi connectivity index (χ0n) is 17.5. The van der Waals surface area contributed by atoms with E-state index in [1.807, 2.05) is 66.7 Å². The van der Waals surface area contributed by atoms with Crippen molar-refractivity contribution in [2.45, 2.75) is 0 Å². The molecule has 0 atom stereocenters. The van der Waals surface area contributed by atoms with Crippen LogP contribution in [0.4, 0.5) is 27.5 Å². The summed E-state index contributed by atoms with van der Waals surface area (Å²) in [4.78, 5) is 16.7. The number of carbonyl (C=O) groups excluding carboxylic acids is 1. The molecule has 8 heteroatoms. The minimum absolute atomic E-state index is 0.315. The third-order valence-electron chi connectivity index (χ3n) is 4.75. The number of hydrogen-bond donors (Lipinski definition) is 3. The fourth-order valence-electron chi connectivity index (χ4n) is 3.23. The largest absolute Gasteiger partial charge is 0.493 e. The molecule has 0 radical (unpaired) electrons. The number of ether oxygens (including phenoxy) is 2. The lowest BCUT2D eigenvalue weighted by molar-refractivity contribution is 0.262. The molecule has 4 aromatic rings. The van der Waals surface area contributed by atoms with Crippen molar-refractivity contribution in [2.24, 2.45) is 0 Å². The first-order valence-electron chi connectivity index (χ1n) is 9.77. The molecule has 0 bridgehead atoms. The van der Waals surface area contributed by atoms with E-state index in [0.29, 0.717) is 22.9 Å². The molecule has 0 saturated heterocycles. The number of methoxy groups -OCH3 is 2. The molecule has 0 aliphatic rings. The number of hydrogen-bond acceptors (Lipinski definition) is 5. The van der Waals surface area contributed by atoms with E-state index in [9.17, 15) is 4.79 Å². The number of urea groups is 1. The molecule has 3 aromatic carbocycles. The van der Waals surface area contributed by atoms with E-state index in [4.69, 9.17) is 9.47 Å². The molecule has 0 aliphatic heterocycles. The highest BCUT2D eigenvalue weighted by Gasteiger charge is 2.10. The zero-order valence-corrected chi connectivity index (χ0v) is 19.1.